The lowest BCUT2D eigenvalue weighted by Gasteiger charge is -2.29. The molecular formula is C21H16FN5O2. The second-order valence-corrected chi connectivity index (χ2v) is 6.67. The van der Waals surface area contributed by atoms with Crippen LogP contribution in [0.25, 0.3) is 28.3 Å². The van der Waals surface area contributed by atoms with E-state index in [9.17, 15) is 9.18 Å². The maximum absolute atomic E-state index is 13.8. The Morgan fingerprint density at radius 1 is 1.14 bits per heavy atom. The van der Waals surface area contributed by atoms with Crippen molar-refractivity contribution in [2.45, 2.75) is 6.92 Å². The second-order valence-electron chi connectivity index (χ2n) is 6.67. The normalized spacial score (nSPS) is 13.2. The molecule has 5 rings (SSSR count). The van der Waals surface area contributed by atoms with Crippen LogP contribution in [0, 0.1) is 5.95 Å². The molecule has 1 aromatic carbocycles. The van der Waals surface area contributed by atoms with Gasteiger partial charge in [-0.2, -0.15) is 4.39 Å². The van der Waals surface area contributed by atoms with E-state index < -0.39 is 5.95 Å². The lowest BCUT2D eigenvalue weighted by molar-refractivity contribution is -0.116. The highest BCUT2D eigenvalue weighted by atomic mass is 19.1. The van der Waals surface area contributed by atoms with Gasteiger partial charge in [-0.1, -0.05) is 0 Å². The third kappa shape index (κ3) is 2.89. The number of amides is 1. The molecule has 8 heteroatoms. The standard InChI is InChI=1S/C21H16FN5O2/c1-13(28)26-9-10-29-17-4-3-14(11-16(17)26)19-20(15-5-7-23-18(22)12-15)27-8-2-6-24-21(27)25-19/h2-8,11-12H,9-10H2,1H3. The molecule has 1 amide bonds. The van der Waals surface area contributed by atoms with Crippen molar-refractivity contribution in [3.8, 4) is 28.3 Å². The molecule has 29 heavy (non-hydrogen) atoms. The van der Waals surface area contributed by atoms with E-state index in [0.717, 1.165) is 5.56 Å². The summed E-state index contributed by atoms with van der Waals surface area (Å²) in [5.74, 6) is 0.509. The summed E-state index contributed by atoms with van der Waals surface area (Å²) in [4.78, 5) is 26.4. The number of ether oxygens (including phenoxy) is 1. The van der Waals surface area contributed by atoms with Gasteiger partial charge in [0.1, 0.15) is 12.4 Å². The Morgan fingerprint density at radius 2 is 2.03 bits per heavy atom. The van der Waals surface area contributed by atoms with Crippen molar-refractivity contribution in [3.63, 3.8) is 0 Å². The highest BCUT2D eigenvalue weighted by Crippen LogP contribution is 2.38. The Hall–Kier alpha value is -3.81. The van der Waals surface area contributed by atoms with Gasteiger partial charge in [-0.15, -0.1) is 0 Å². The van der Waals surface area contributed by atoms with Gasteiger partial charge in [0.05, 0.1) is 23.6 Å². The third-order valence-corrected chi connectivity index (χ3v) is 4.88. The van der Waals surface area contributed by atoms with E-state index >= 15 is 0 Å². The molecule has 0 N–H and O–H groups in total. The average Bonchev–Trinajstić information content (AvgIpc) is 3.12. The Bertz CT molecular complexity index is 1250. The van der Waals surface area contributed by atoms with Crippen LogP contribution in [0.15, 0.2) is 55.0 Å². The minimum absolute atomic E-state index is 0.0557. The van der Waals surface area contributed by atoms with Crippen LogP contribution in [0.1, 0.15) is 6.92 Å². The third-order valence-electron chi connectivity index (χ3n) is 4.88. The number of nitrogens with zero attached hydrogens (tertiary/aromatic N) is 5. The number of carbonyl (C=O) groups is 1. The Kier molecular flexibility index (Phi) is 3.97. The summed E-state index contributed by atoms with van der Waals surface area (Å²) in [5, 5.41) is 0. The van der Waals surface area contributed by atoms with E-state index in [-0.39, 0.29) is 5.91 Å². The van der Waals surface area contributed by atoms with Crippen molar-refractivity contribution in [2.24, 2.45) is 0 Å². The Balaban J connectivity index is 1.75. The van der Waals surface area contributed by atoms with Gasteiger partial charge >= 0.3 is 0 Å². The molecule has 1 aliphatic rings. The molecule has 4 aromatic rings. The second kappa shape index (κ2) is 6.66. The van der Waals surface area contributed by atoms with Crippen molar-refractivity contribution >= 4 is 17.4 Å². The molecule has 4 heterocycles. The van der Waals surface area contributed by atoms with E-state index in [1.54, 1.807) is 23.2 Å². The van der Waals surface area contributed by atoms with Crippen molar-refractivity contribution < 1.29 is 13.9 Å². The number of carbonyl (C=O) groups excluding carboxylic acids is 1. The van der Waals surface area contributed by atoms with Gasteiger partial charge in [-0.3, -0.25) is 9.20 Å². The van der Waals surface area contributed by atoms with Crippen LogP contribution in [0.3, 0.4) is 0 Å². The lowest BCUT2D eigenvalue weighted by Crippen LogP contribution is -2.36. The van der Waals surface area contributed by atoms with Crippen LogP contribution in [0.2, 0.25) is 0 Å². The minimum atomic E-state index is -0.575. The maximum atomic E-state index is 13.8. The lowest BCUT2D eigenvalue weighted by atomic mass is 10.0. The molecule has 0 atom stereocenters. The first-order chi connectivity index (χ1) is 14.1. The molecule has 3 aromatic heterocycles. The van der Waals surface area contributed by atoms with Crippen LogP contribution in [-0.2, 0) is 4.79 Å². The zero-order valence-electron chi connectivity index (χ0n) is 15.5. The summed E-state index contributed by atoms with van der Waals surface area (Å²) < 4.78 is 21.3. The highest BCUT2D eigenvalue weighted by molar-refractivity contribution is 5.95. The number of imidazole rings is 1. The van der Waals surface area contributed by atoms with E-state index in [0.29, 0.717) is 47.3 Å². The van der Waals surface area contributed by atoms with Gasteiger partial charge in [0.25, 0.3) is 0 Å². The van der Waals surface area contributed by atoms with Crippen molar-refractivity contribution in [2.75, 3.05) is 18.1 Å². The predicted molar refractivity (Wildman–Crippen MR) is 105 cm³/mol. The fourth-order valence-electron chi connectivity index (χ4n) is 3.61. The average molecular weight is 389 g/mol. The van der Waals surface area contributed by atoms with Gasteiger partial charge < -0.3 is 9.64 Å². The summed E-state index contributed by atoms with van der Waals surface area (Å²) in [6.07, 6.45) is 4.90. The molecule has 144 valence electrons. The van der Waals surface area contributed by atoms with Gasteiger partial charge in [-0.05, 0) is 30.3 Å². The monoisotopic (exact) mass is 389 g/mol. The van der Waals surface area contributed by atoms with Gasteiger partial charge in [0, 0.05) is 42.7 Å². The zero-order chi connectivity index (χ0) is 20.0. The fourth-order valence-corrected chi connectivity index (χ4v) is 3.61. The SMILES string of the molecule is CC(=O)N1CCOc2ccc(-c3nc4ncccn4c3-c3ccnc(F)c3)cc21. The summed E-state index contributed by atoms with van der Waals surface area (Å²) in [5.41, 5.74) is 3.42. The largest absolute Gasteiger partial charge is 0.490 e. The summed E-state index contributed by atoms with van der Waals surface area (Å²) >= 11 is 0. The molecule has 0 unspecified atom stereocenters. The van der Waals surface area contributed by atoms with Crippen molar-refractivity contribution in [1.82, 2.24) is 19.4 Å². The summed E-state index contributed by atoms with van der Waals surface area (Å²) in [6.45, 7) is 2.47. The minimum Gasteiger partial charge on any atom is -0.490 e. The number of halogens is 1. The Labute approximate surface area is 165 Å². The van der Waals surface area contributed by atoms with Gasteiger partial charge in [0.2, 0.25) is 17.6 Å². The van der Waals surface area contributed by atoms with E-state index in [4.69, 9.17) is 4.74 Å². The summed E-state index contributed by atoms with van der Waals surface area (Å²) in [6, 6.07) is 10.5. The van der Waals surface area contributed by atoms with Crippen LogP contribution in [0.5, 0.6) is 5.75 Å². The van der Waals surface area contributed by atoms with Gasteiger partial charge in [-0.25, -0.2) is 15.0 Å². The van der Waals surface area contributed by atoms with Crippen molar-refractivity contribution in [1.29, 1.82) is 0 Å². The molecule has 0 saturated heterocycles. The highest BCUT2D eigenvalue weighted by Gasteiger charge is 2.24. The molecule has 1 aliphatic heterocycles. The summed E-state index contributed by atoms with van der Waals surface area (Å²) in [7, 11) is 0. The van der Waals surface area contributed by atoms with E-state index in [1.807, 2.05) is 28.8 Å². The van der Waals surface area contributed by atoms with E-state index in [2.05, 4.69) is 15.0 Å². The van der Waals surface area contributed by atoms with Gasteiger partial charge in [0.15, 0.2) is 0 Å². The number of pyridine rings is 1. The first kappa shape index (κ1) is 17.3. The number of hydrogen-bond acceptors (Lipinski definition) is 5. The molecular weight excluding hydrogens is 373 g/mol. The molecule has 0 aliphatic carbocycles. The maximum Gasteiger partial charge on any atom is 0.234 e. The first-order valence-electron chi connectivity index (χ1n) is 9.12. The molecule has 0 radical (unpaired) electrons. The molecule has 0 fully saturated rings. The molecule has 7 nitrogen and oxygen atoms in total. The van der Waals surface area contributed by atoms with Crippen molar-refractivity contribution in [3.05, 3.63) is 60.9 Å². The first-order valence-corrected chi connectivity index (χ1v) is 9.12. The van der Waals surface area contributed by atoms with E-state index in [1.165, 1.54) is 19.2 Å². The number of rotatable bonds is 2. The van der Waals surface area contributed by atoms with Crippen LogP contribution in [-0.4, -0.2) is 38.4 Å². The molecule has 0 spiro atoms. The smallest absolute Gasteiger partial charge is 0.234 e. The zero-order valence-corrected chi connectivity index (χ0v) is 15.5. The number of benzene rings is 1. The van der Waals surface area contributed by atoms with Crippen LogP contribution >= 0.6 is 0 Å². The molecule has 0 bridgehead atoms. The quantitative estimate of drug-likeness (QED) is 0.492. The number of hydrogen-bond donors (Lipinski definition) is 0. The molecule has 0 saturated carbocycles. The number of aromatic nitrogens is 4. The number of anilines is 1. The predicted octanol–water partition coefficient (Wildman–Crippen LogP) is 3.34. The fraction of sp³-hybridized carbons (Fsp3) is 0.143. The number of fused-ring (bicyclic) bond motifs is 2. The Morgan fingerprint density at radius 3 is 2.86 bits per heavy atom. The topological polar surface area (TPSA) is 72.6 Å². The van der Waals surface area contributed by atoms with Crippen LogP contribution in [0.4, 0.5) is 10.1 Å². The van der Waals surface area contributed by atoms with Crippen LogP contribution < -0.4 is 9.64 Å².